The number of hydrogen-bond acceptors (Lipinski definition) is 5. The fourth-order valence-electron chi connectivity index (χ4n) is 1.77. The van der Waals surface area contributed by atoms with E-state index < -0.39 is 5.91 Å². The number of hydrazine groups is 1. The molecule has 0 aliphatic heterocycles. The number of halogens is 1. The Balaban J connectivity index is 1.82. The normalized spacial score (nSPS) is 10.2. The van der Waals surface area contributed by atoms with Crippen molar-refractivity contribution in [3.8, 4) is 0 Å². The second-order valence-electron chi connectivity index (χ2n) is 4.73. The highest BCUT2D eigenvalue weighted by Gasteiger charge is 2.12. The lowest BCUT2D eigenvalue weighted by molar-refractivity contribution is -0.119. The predicted octanol–water partition coefficient (Wildman–Crippen LogP) is 1.98. The molecule has 24 heavy (non-hydrogen) atoms. The zero-order valence-corrected chi connectivity index (χ0v) is 14.5. The fourth-order valence-corrected chi connectivity index (χ4v) is 2.69. The molecule has 2 N–H and O–H groups in total. The van der Waals surface area contributed by atoms with Crippen LogP contribution in [0, 0.1) is 6.92 Å². The van der Waals surface area contributed by atoms with Crippen molar-refractivity contribution in [2.45, 2.75) is 18.6 Å². The molecule has 9 heteroatoms. The third-order valence-electron chi connectivity index (χ3n) is 2.97. The third-order valence-corrected chi connectivity index (χ3v) is 4.19. The number of aryl methyl sites for hydroxylation is 1. The molecule has 0 aliphatic carbocycles. The summed E-state index contributed by atoms with van der Waals surface area (Å²) >= 11 is 6.98. The summed E-state index contributed by atoms with van der Waals surface area (Å²) in [7, 11) is 0. The SMILES string of the molecule is C=CCn1c(C)nnc1SCC(=O)NNC(=O)c1ccc(Cl)cc1. The molecule has 0 radical (unpaired) electrons. The smallest absolute Gasteiger partial charge is 0.269 e. The number of aromatic nitrogens is 3. The summed E-state index contributed by atoms with van der Waals surface area (Å²) in [6.07, 6.45) is 1.73. The lowest BCUT2D eigenvalue weighted by Gasteiger charge is -2.08. The maximum absolute atomic E-state index is 11.9. The van der Waals surface area contributed by atoms with E-state index in [2.05, 4.69) is 27.6 Å². The van der Waals surface area contributed by atoms with Gasteiger partial charge in [0.2, 0.25) is 5.91 Å². The number of hydrogen-bond donors (Lipinski definition) is 2. The fraction of sp³-hybridized carbons (Fsp3) is 0.200. The summed E-state index contributed by atoms with van der Waals surface area (Å²) < 4.78 is 1.84. The van der Waals surface area contributed by atoms with Crippen LogP contribution in [0.25, 0.3) is 0 Å². The Hall–Kier alpha value is -2.32. The Labute approximate surface area is 148 Å². The molecule has 2 rings (SSSR count). The number of benzene rings is 1. The van der Waals surface area contributed by atoms with E-state index in [0.29, 0.717) is 22.3 Å². The van der Waals surface area contributed by atoms with Crippen molar-refractivity contribution in [3.05, 3.63) is 53.3 Å². The van der Waals surface area contributed by atoms with Gasteiger partial charge in [-0.2, -0.15) is 0 Å². The van der Waals surface area contributed by atoms with E-state index in [-0.39, 0.29) is 11.7 Å². The molecule has 1 aromatic heterocycles. The van der Waals surface area contributed by atoms with Gasteiger partial charge in [-0.05, 0) is 31.2 Å². The van der Waals surface area contributed by atoms with Crippen LogP contribution in [-0.4, -0.2) is 32.3 Å². The van der Waals surface area contributed by atoms with E-state index in [1.54, 1.807) is 30.3 Å². The Morgan fingerprint density at radius 2 is 2.00 bits per heavy atom. The number of thioether (sulfide) groups is 1. The highest BCUT2D eigenvalue weighted by molar-refractivity contribution is 7.99. The summed E-state index contributed by atoms with van der Waals surface area (Å²) in [5.74, 6) is 0.0635. The number of nitrogens with one attached hydrogen (secondary N) is 2. The monoisotopic (exact) mass is 365 g/mol. The van der Waals surface area contributed by atoms with Crippen LogP contribution in [0.2, 0.25) is 5.02 Å². The van der Waals surface area contributed by atoms with Gasteiger partial charge in [-0.1, -0.05) is 29.4 Å². The molecule has 1 aromatic carbocycles. The molecule has 0 fully saturated rings. The van der Waals surface area contributed by atoms with E-state index in [9.17, 15) is 9.59 Å². The van der Waals surface area contributed by atoms with Gasteiger partial charge in [0.15, 0.2) is 5.16 Å². The molecule has 0 aliphatic rings. The summed E-state index contributed by atoms with van der Waals surface area (Å²) in [4.78, 5) is 23.7. The number of amides is 2. The third kappa shape index (κ3) is 4.84. The zero-order valence-electron chi connectivity index (χ0n) is 13.0. The van der Waals surface area contributed by atoms with E-state index in [0.717, 1.165) is 5.82 Å². The minimum atomic E-state index is -0.421. The van der Waals surface area contributed by atoms with Gasteiger partial charge in [0.1, 0.15) is 5.82 Å². The summed E-state index contributed by atoms with van der Waals surface area (Å²) in [5, 5.41) is 9.12. The van der Waals surface area contributed by atoms with E-state index in [1.165, 1.54) is 11.8 Å². The van der Waals surface area contributed by atoms with Crippen molar-refractivity contribution >= 4 is 35.2 Å². The number of nitrogens with zero attached hydrogens (tertiary/aromatic N) is 3. The average molecular weight is 366 g/mol. The second-order valence-corrected chi connectivity index (χ2v) is 6.11. The van der Waals surface area contributed by atoms with Crippen LogP contribution < -0.4 is 10.9 Å². The highest BCUT2D eigenvalue weighted by Crippen LogP contribution is 2.16. The molecule has 0 atom stereocenters. The van der Waals surface area contributed by atoms with Crippen molar-refractivity contribution in [1.29, 1.82) is 0 Å². The number of carbonyl (C=O) groups is 2. The van der Waals surface area contributed by atoms with Crippen LogP contribution in [0.15, 0.2) is 42.1 Å². The zero-order chi connectivity index (χ0) is 17.5. The lowest BCUT2D eigenvalue weighted by atomic mass is 10.2. The quantitative estimate of drug-likeness (QED) is 0.464. The van der Waals surface area contributed by atoms with Crippen LogP contribution in [-0.2, 0) is 11.3 Å². The molecule has 0 saturated carbocycles. The van der Waals surface area contributed by atoms with Gasteiger partial charge < -0.3 is 4.57 Å². The molecule has 0 unspecified atom stereocenters. The first-order valence-corrected chi connectivity index (χ1v) is 8.36. The largest absolute Gasteiger partial charge is 0.302 e. The molecule has 0 saturated heterocycles. The first kappa shape index (κ1) is 18.0. The Morgan fingerprint density at radius 3 is 2.67 bits per heavy atom. The topological polar surface area (TPSA) is 88.9 Å². The van der Waals surface area contributed by atoms with E-state index in [4.69, 9.17) is 11.6 Å². The van der Waals surface area contributed by atoms with Crippen molar-refractivity contribution in [3.63, 3.8) is 0 Å². The molecule has 7 nitrogen and oxygen atoms in total. The van der Waals surface area contributed by atoms with E-state index in [1.807, 2.05) is 11.5 Å². The van der Waals surface area contributed by atoms with Crippen LogP contribution in [0.4, 0.5) is 0 Å². The molecule has 2 aromatic rings. The molecular formula is C15H16ClN5O2S. The number of allylic oxidation sites excluding steroid dienone is 1. The van der Waals surface area contributed by atoms with Gasteiger partial charge in [0.05, 0.1) is 5.75 Å². The Morgan fingerprint density at radius 1 is 1.29 bits per heavy atom. The standard InChI is InChI=1S/C15H16ClN5O2S/c1-3-8-21-10(2)17-20-15(21)24-9-13(22)18-19-14(23)11-4-6-12(16)7-5-11/h3-7H,1,8-9H2,2H3,(H,18,22)(H,19,23). The molecule has 0 spiro atoms. The highest BCUT2D eigenvalue weighted by atomic mass is 35.5. The first-order valence-electron chi connectivity index (χ1n) is 6.99. The molecular weight excluding hydrogens is 350 g/mol. The van der Waals surface area contributed by atoms with Gasteiger partial charge in [0, 0.05) is 17.1 Å². The maximum atomic E-state index is 11.9. The summed E-state index contributed by atoms with van der Waals surface area (Å²) in [5.41, 5.74) is 5.10. The van der Waals surface area contributed by atoms with Crippen LogP contribution in [0.3, 0.4) is 0 Å². The number of carbonyl (C=O) groups excluding carboxylic acids is 2. The molecule has 1 heterocycles. The lowest BCUT2D eigenvalue weighted by Crippen LogP contribution is -2.42. The Kier molecular flexibility index (Phi) is 6.39. The van der Waals surface area contributed by atoms with Gasteiger partial charge in [0.25, 0.3) is 5.91 Å². The minimum Gasteiger partial charge on any atom is -0.302 e. The molecule has 126 valence electrons. The van der Waals surface area contributed by atoms with Crippen molar-refractivity contribution in [1.82, 2.24) is 25.6 Å². The predicted molar refractivity (Wildman–Crippen MR) is 92.7 cm³/mol. The summed E-state index contributed by atoms with van der Waals surface area (Å²) in [6, 6.07) is 6.34. The van der Waals surface area contributed by atoms with Crippen molar-refractivity contribution in [2.24, 2.45) is 0 Å². The minimum absolute atomic E-state index is 0.0934. The van der Waals surface area contributed by atoms with Gasteiger partial charge in [-0.25, -0.2) is 0 Å². The van der Waals surface area contributed by atoms with Crippen molar-refractivity contribution in [2.75, 3.05) is 5.75 Å². The Bertz CT molecular complexity index is 745. The molecule has 2 amide bonds. The van der Waals surface area contributed by atoms with Gasteiger partial charge in [-0.15, -0.1) is 16.8 Å². The van der Waals surface area contributed by atoms with E-state index >= 15 is 0 Å². The molecule has 0 bridgehead atoms. The maximum Gasteiger partial charge on any atom is 0.269 e. The van der Waals surface area contributed by atoms with Crippen LogP contribution in [0.5, 0.6) is 0 Å². The van der Waals surface area contributed by atoms with Gasteiger partial charge >= 0.3 is 0 Å². The van der Waals surface area contributed by atoms with Gasteiger partial charge in [-0.3, -0.25) is 20.4 Å². The second kappa shape index (κ2) is 8.51. The average Bonchev–Trinajstić information content (AvgIpc) is 2.92. The van der Waals surface area contributed by atoms with Crippen LogP contribution >= 0.6 is 23.4 Å². The summed E-state index contributed by atoms with van der Waals surface area (Å²) in [6.45, 7) is 6.07. The number of rotatable bonds is 6. The van der Waals surface area contributed by atoms with Crippen LogP contribution in [0.1, 0.15) is 16.2 Å². The van der Waals surface area contributed by atoms with Crippen molar-refractivity contribution < 1.29 is 9.59 Å². The first-order chi connectivity index (χ1) is 11.5.